The summed E-state index contributed by atoms with van der Waals surface area (Å²) in [5.41, 5.74) is 6.90. The highest BCUT2D eigenvalue weighted by atomic mass is 32.1. The van der Waals surface area contributed by atoms with Gasteiger partial charge in [0.05, 0.1) is 11.8 Å². The Morgan fingerprint density at radius 2 is 2.15 bits per heavy atom. The van der Waals surface area contributed by atoms with Gasteiger partial charge in [0.15, 0.2) is 0 Å². The second kappa shape index (κ2) is 7.94. The van der Waals surface area contributed by atoms with Gasteiger partial charge in [-0.15, -0.1) is 0 Å². The summed E-state index contributed by atoms with van der Waals surface area (Å²) in [5, 5.41) is 12.1. The first-order chi connectivity index (χ1) is 9.40. The number of hydrogen-bond donors (Lipinski definition) is 3. The van der Waals surface area contributed by atoms with Crippen LogP contribution in [0.25, 0.3) is 0 Å². The zero-order valence-corrected chi connectivity index (χ0v) is 12.6. The smallest absolute Gasteiger partial charge is 0.225 e. The number of benzene rings is 1. The molecule has 0 aliphatic carbocycles. The second-order valence-corrected chi connectivity index (χ2v) is 5.26. The van der Waals surface area contributed by atoms with E-state index in [0.717, 1.165) is 0 Å². The maximum atomic E-state index is 11.9. The summed E-state index contributed by atoms with van der Waals surface area (Å²) >= 11 is 4.95. The van der Waals surface area contributed by atoms with Crippen molar-refractivity contribution in [3.05, 3.63) is 29.8 Å². The van der Waals surface area contributed by atoms with Crippen molar-refractivity contribution in [2.45, 2.75) is 19.4 Å². The van der Waals surface area contributed by atoms with Gasteiger partial charge in [-0.25, -0.2) is 0 Å². The van der Waals surface area contributed by atoms with E-state index in [1.807, 2.05) is 24.1 Å². The van der Waals surface area contributed by atoms with Gasteiger partial charge < -0.3 is 21.1 Å². The van der Waals surface area contributed by atoms with Crippen molar-refractivity contribution in [2.24, 2.45) is 5.73 Å². The summed E-state index contributed by atoms with van der Waals surface area (Å²) in [6.45, 7) is 2.83. The van der Waals surface area contributed by atoms with Gasteiger partial charge in [-0.3, -0.25) is 4.79 Å². The molecule has 20 heavy (non-hydrogen) atoms. The van der Waals surface area contributed by atoms with E-state index in [-0.39, 0.29) is 10.9 Å². The van der Waals surface area contributed by atoms with E-state index < -0.39 is 6.10 Å². The number of para-hydroxylation sites is 1. The van der Waals surface area contributed by atoms with Gasteiger partial charge in [-0.05, 0) is 26.1 Å². The van der Waals surface area contributed by atoms with Crippen molar-refractivity contribution in [1.82, 2.24) is 4.90 Å². The van der Waals surface area contributed by atoms with Crippen molar-refractivity contribution >= 4 is 28.8 Å². The molecule has 6 heteroatoms. The third kappa shape index (κ3) is 5.64. The molecule has 1 aromatic rings. The molecule has 1 rings (SSSR count). The number of hydrogen-bond acceptors (Lipinski definition) is 4. The summed E-state index contributed by atoms with van der Waals surface area (Å²) < 4.78 is 0. The summed E-state index contributed by atoms with van der Waals surface area (Å²) in [5.74, 6) is -0.105. The van der Waals surface area contributed by atoms with E-state index in [9.17, 15) is 9.90 Å². The number of thiocarbonyl (C=S) groups is 1. The normalized spacial score (nSPS) is 12.2. The molecule has 1 amide bonds. The van der Waals surface area contributed by atoms with Crippen LogP contribution in [-0.2, 0) is 4.79 Å². The fourth-order valence-electron chi connectivity index (χ4n) is 1.85. The number of carbonyl (C=O) groups excluding carboxylic acids is 1. The Kier molecular flexibility index (Phi) is 6.57. The average Bonchev–Trinajstić information content (AvgIpc) is 2.36. The van der Waals surface area contributed by atoms with Crippen molar-refractivity contribution in [3.63, 3.8) is 0 Å². The number of aliphatic hydroxyl groups is 1. The zero-order valence-electron chi connectivity index (χ0n) is 11.8. The summed E-state index contributed by atoms with van der Waals surface area (Å²) in [6, 6.07) is 7.18. The van der Waals surface area contributed by atoms with Crippen LogP contribution in [0, 0.1) is 0 Å². The number of carbonyl (C=O) groups is 1. The lowest BCUT2D eigenvalue weighted by atomic mass is 10.1. The van der Waals surface area contributed by atoms with Crippen LogP contribution in [0.1, 0.15) is 18.9 Å². The molecule has 0 saturated heterocycles. The summed E-state index contributed by atoms with van der Waals surface area (Å²) in [7, 11) is 1.86. The minimum absolute atomic E-state index is 0.105. The molecule has 1 unspecified atom stereocenters. The molecule has 0 heterocycles. The predicted octanol–water partition coefficient (Wildman–Crippen LogP) is 0.962. The Morgan fingerprint density at radius 3 is 2.75 bits per heavy atom. The Hall–Kier alpha value is -1.50. The first-order valence-corrected chi connectivity index (χ1v) is 6.86. The lowest BCUT2D eigenvalue weighted by molar-refractivity contribution is -0.116. The summed E-state index contributed by atoms with van der Waals surface area (Å²) in [4.78, 5) is 14.1. The fourth-order valence-corrected chi connectivity index (χ4v) is 2.03. The maximum absolute atomic E-state index is 11.9. The number of anilines is 1. The number of likely N-dealkylation sites (N-methyl/N-ethyl adjacent to an activating group) is 1. The van der Waals surface area contributed by atoms with Crippen LogP contribution in [0.3, 0.4) is 0 Å². The predicted molar refractivity (Wildman–Crippen MR) is 84.8 cm³/mol. The van der Waals surface area contributed by atoms with E-state index in [0.29, 0.717) is 30.8 Å². The molecule has 0 aliphatic rings. The number of aliphatic hydroxyl groups excluding tert-OH is 1. The topological polar surface area (TPSA) is 78.6 Å². The van der Waals surface area contributed by atoms with Crippen LogP contribution < -0.4 is 11.1 Å². The number of rotatable bonds is 7. The highest BCUT2D eigenvalue weighted by molar-refractivity contribution is 7.80. The molecule has 1 aromatic carbocycles. The lowest BCUT2D eigenvalue weighted by Crippen LogP contribution is -2.30. The maximum Gasteiger partial charge on any atom is 0.225 e. The molecule has 0 spiro atoms. The number of amides is 1. The zero-order chi connectivity index (χ0) is 15.1. The van der Waals surface area contributed by atoms with Crippen molar-refractivity contribution in [1.29, 1.82) is 0 Å². The molecule has 4 N–H and O–H groups in total. The number of nitrogens with zero attached hydrogens (tertiary/aromatic N) is 1. The molecule has 0 aromatic heterocycles. The number of nitrogens with one attached hydrogen (secondary N) is 1. The minimum Gasteiger partial charge on any atom is -0.392 e. The van der Waals surface area contributed by atoms with E-state index in [1.54, 1.807) is 19.1 Å². The van der Waals surface area contributed by atoms with Crippen LogP contribution in [-0.4, -0.2) is 47.1 Å². The van der Waals surface area contributed by atoms with Crippen LogP contribution in [0.4, 0.5) is 5.69 Å². The van der Waals surface area contributed by atoms with Crippen molar-refractivity contribution in [3.8, 4) is 0 Å². The van der Waals surface area contributed by atoms with E-state index >= 15 is 0 Å². The Balaban J connectivity index is 2.53. The molecule has 0 radical (unpaired) electrons. The van der Waals surface area contributed by atoms with Crippen molar-refractivity contribution < 1.29 is 9.90 Å². The minimum atomic E-state index is -0.404. The largest absolute Gasteiger partial charge is 0.392 e. The van der Waals surface area contributed by atoms with Gasteiger partial charge in [0.25, 0.3) is 0 Å². The van der Waals surface area contributed by atoms with Gasteiger partial charge in [-0.2, -0.15) is 0 Å². The SMILES string of the molecule is CC(O)CN(C)CCC(=O)Nc1ccccc1C(N)=S. The first kappa shape index (κ1) is 16.6. The van der Waals surface area contributed by atoms with Gasteiger partial charge in [-0.1, -0.05) is 24.4 Å². The molecule has 1 atom stereocenters. The average molecular weight is 295 g/mol. The Labute approximate surface area is 124 Å². The van der Waals surface area contributed by atoms with Crippen molar-refractivity contribution in [2.75, 3.05) is 25.5 Å². The van der Waals surface area contributed by atoms with Gasteiger partial charge in [0.2, 0.25) is 5.91 Å². The van der Waals surface area contributed by atoms with Crippen LogP contribution in [0.15, 0.2) is 24.3 Å². The molecule has 110 valence electrons. The monoisotopic (exact) mass is 295 g/mol. The van der Waals surface area contributed by atoms with Gasteiger partial charge in [0.1, 0.15) is 4.99 Å². The van der Waals surface area contributed by atoms with E-state index in [1.165, 1.54) is 0 Å². The first-order valence-electron chi connectivity index (χ1n) is 6.45. The molecule has 0 bridgehead atoms. The van der Waals surface area contributed by atoms with Crippen LogP contribution in [0.5, 0.6) is 0 Å². The van der Waals surface area contributed by atoms with Crippen LogP contribution in [0.2, 0.25) is 0 Å². The third-order valence-electron chi connectivity index (χ3n) is 2.76. The van der Waals surface area contributed by atoms with E-state index in [2.05, 4.69) is 5.32 Å². The Bertz CT molecular complexity index is 477. The summed E-state index contributed by atoms with van der Waals surface area (Å²) in [6.07, 6.45) is -0.0621. The highest BCUT2D eigenvalue weighted by Crippen LogP contribution is 2.15. The number of nitrogens with two attached hydrogens (primary N) is 1. The molecule has 0 aliphatic heterocycles. The van der Waals surface area contributed by atoms with E-state index in [4.69, 9.17) is 18.0 Å². The molecule has 0 saturated carbocycles. The standard InChI is InChI=1S/C14H21N3O2S/c1-10(18)9-17(2)8-7-13(19)16-12-6-4-3-5-11(12)14(15)20/h3-6,10,18H,7-9H2,1-2H3,(H2,15,20)(H,16,19). The Morgan fingerprint density at radius 1 is 1.50 bits per heavy atom. The second-order valence-electron chi connectivity index (χ2n) is 4.82. The highest BCUT2D eigenvalue weighted by Gasteiger charge is 2.10. The van der Waals surface area contributed by atoms with Gasteiger partial charge in [0, 0.05) is 25.1 Å². The molecular formula is C14H21N3O2S. The molecule has 5 nitrogen and oxygen atoms in total. The molecular weight excluding hydrogens is 274 g/mol. The lowest BCUT2D eigenvalue weighted by Gasteiger charge is -2.18. The molecule has 0 fully saturated rings. The van der Waals surface area contributed by atoms with Gasteiger partial charge >= 0.3 is 0 Å². The third-order valence-corrected chi connectivity index (χ3v) is 2.98. The fraction of sp³-hybridized carbons (Fsp3) is 0.429. The quantitative estimate of drug-likeness (QED) is 0.653. The van der Waals surface area contributed by atoms with Crippen LogP contribution >= 0.6 is 12.2 Å².